The average Bonchev–Trinajstić information content (AvgIpc) is 2.28. The summed E-state index contributed by atoms with van der Waals surface area (Å²) in [5.74, 6) is 4.85. The molecule has 3 unspecified atom stereocenters. The number of hydrogen-bond acceptors (Lipinski definition) is 2. The minimum atomic E-state index is 0.450. The quantitative estimate of drug-likeness (QED) is 0.566. The van der Waals surface area contributed by atoms with Crippen LogP contribution in [0, 0.1) is 30.1 Å². The molecule has 0 aliphatic heterocycles. The molecule has 98 valence electrons. The molecule has 1 rings (SSSR count). The molecule has 1 fully saturated rings. The Balaban J connectivity index is 2.29. The van der Waals surface area contributed by atoms with Gasteiger partial charge in [-0.15, -0.1) is 6.42 Å². The molecule has 0 saturated heterocycles. The molecule has 2 nitrogen and oxygen atoms in total. The zero-order valence-corrected chi connectivity index (χ0v) is 11.5. The third-order valence-electron chi connectivity index (χ3n) is 3.80. The highest BCUT2D eigenvalue weighted by Gasteiger charge is 2.31. The fraction of sp³-hybridized carbons (Fsp3) is 0.867. The van der Waals surface area contributed by atoms with E-state index in [0.29, 0.717) is 12.6 Å². The first kappa shape index (κ1) is 14.5. The first-order valence-electron chi connectivity index (χ1n) is 6.91. The summed E-state index contributed by atoms with van der Waals surface area (Å²) < 4.78 is 6.04. The summed E-state index contributed by atoms with van der Waals surface area (Å²) in [5, 5.41) is 3.17. The molecular weight excluding hydrogens is 210 g/mol. The molecule has 0 aromatic carbocycles. The van der Waals surface area contributed by atoms with E-state index in [1.165, 1.54) is 19.3 Å². The second-order valence-electron chi connectivity index (χ2n) is 5.62. The second-order valence-corrected chi connectivity index (χ2v) is 5.62. The molecule has 17 heavy (non-hydrogen) atoms. The van der Waals surface area contributed by atoms with Crippen molar-refractivity contribution in [2.24, 2.45) is 17.8 Å². The monoisotopic (exact) mass is 237 g/mol. The van der Waals surface area contributed by atoms with Crippen LogP contribution >= 0.6 is 0 Å². The predicted octanol–water partition coefficient (Wildman–Crippen LogP) is 2.69. The SMILES string of the molecule is C#CCNCCOC1CC(C)CCC1C(C)C. The van der Waals surface area contributed by atoms with Crippen LogP contribution in [0.2, 0.25) is 0 Å². The highest BCUT2D eigenvalue weighted by Crippen LogP contribution is 2.35. The average molecular weight is 237 g/mol. The van der Waals surface area contributed by atoms with E-state index in [9.17, 15) is 0 Å². The Labute approximate surface area is 107 Å². The molecule has 0 heterocycles. The van der Waals surface area contributed by atoms with E-state index in [2.05, 4.69) is 32.0 Å². The van der Waals surface area contributed by atoms with Gasteiger partial charge in [-0.05, 0) is 30.6 Å². The maximum atomic E-state index is 6.04. The topological polar surface area (TPSA) is 21.3 Å². The van der Waals surface area contributed by atoms with Crippen molar-refractivity contribution >= 4 is 0 Å². The summed E-state index contributed by atoms with van der Waals surface area (Å²) in [4.78, 5) is 0. The van der Waals surface area contributed by atoms with Crippen molar-refractivity contribution in [3.8, 4) is 12.3 Å². The minimum Gasteiger partial charge on any atom is -0.377 e. The molecule has 0 radical (unpaired) electrons. The Kier molecular flexibility index (Phi) is 6.62. The lowest BCUT2D eigenvalue weighted by Gasteiger charge is -2.37. The molecule has 0 aromatic heterocycles. The van der Waals surface area contributed by atoms with Crippen LogP contribution in [0.1, 0.15) is 40.0 Å². The van der Waals surface area contributed by atoms with Crippen LogP contribution in [0.4, 0.5) is 0 Å². The van der Waals surface area contributed by atoms with Crippen molar-refractivity contribution in [2.75, 3.05) is 19.7 Å². The van der Waals surface area contributed by atoms with Crippen LogP contribution in [0.5, 0.6) is 0 Å². The maximum Gasteiger partial charge on any atom is 0.0608 e. The largest absolute Gasteiger partial charge is 0.377 e. The molecule has 0 spiro atoms. The molecule has 1 aliphatic carbocycles. The van der Waals surface area contributed by atoms with E-state index >= 15 is 0 Å². The number of hydrogen-bond donors (Lipinski definition) is 1. The van der Waals surface area contributed by atoms with Crippen LogP contribution in [-0.2, 0) is 4.74 Å². The minimum absolute atomic E-state index is 0.450. The highest BCUT2D eigenvalue weighted by atomic mass is 16.5. The zero-order valence-electron chi connectivity index (χ0n) is 11.5. The summed E-state index contributed by atoms with van der Waals surface area (Å²) >= 11 is 0. The second kappa shape index (κ2) is 7.74. The number of nitrogens with one attached hydrogen (secondary N) is 1. The number of terminal acetylenes is 1. The van der Waals surface area contributed by atoms with Crippen LogP contribution in [-0.4, -0.2) is 25.8 Å². The van der Waals surface area contributed by atoms with E-state index in [1.807, 2.05) is 0 Å². The smallest absolute Gasteiger partial charge is 0.0608 e. The Morgan fingerprint density at radius 3 is 2.82 bits per heavy atom. The van der Waals surface area contributed by atoms with Crippen molar-refractivity contribution < 1.29 is 4.74 Å². The van der Waals surface area contributed by atoms with Gasteiger partial charge in [0.25, 0.3) is 0 Å². The van der Waals surface area contributed by atoms with Gasteiger partial charge < -0.3 is 10.1 Å². The maximum absolute atomic E-state index is 6.04. The predicted molar refractivity (Wildman–Crippen MR) is 72.8 cm³/mol. The van der Waals surface area contributed by atoms with Crippen molar-refractivity contribution in [1.82, 2.24) is 5.32 Å². The molecule has 2 heteroatoms. The highest BCUT2D eigenvalue weighted by molar-refractivity contribution is 4.86. The van der Waals surface area contributed by atoms with Gasteiger partial charge in [0.2, 0.25) is 0 Å². The molecular formula is C15H27NO. The molecule has 1 saturated carbocycles. The van der Waals surface area contributed by atoms with Gasteiger partial charge >= 0.3 is 0 Å². The summed E-state index contributed by atoms with van der Waals surface area (Å²) in [6.07, 6.45) is 9.53. The Bertz CT molecular complexity index is 244. The Morgan fingerprint density at radius 1 is 1.41 bits per heavy atom. The van der Waals surface area contributed by atoms with Crippen LogP contribution < -0.4 is 5.32 Å². The first-order valence-corrected chi connectivity index (χ1v) is 6.91. The van der Waals surface area contributed by atoms with Gasteiger partial charge in [-0.3, -0.25) is 0 Å². The molecule has 0 bridgehead atoms. The molecule has 1 aliphatic rings. The van der Waals surface area contributed by atoms with Crippen LogP contribution in [0.3, 0.4) is 0 Å². The van der Waals surface area contributed by atoms with E-state index in [-0.39, 0.29) is 0 Å². The van der Waals surface area contributed by atoms with Gasteiger partial charge in [0, 0.05) is 6.54 Å². The van der Waals surface area contributed by atoms with Crippen molar-refractivity contribution in [1.29, 1.82) is 0 Å². The summed E-state index contributed by atoms with van der Waals surface area (Å²) in [5.41, 5.74) is 0. The van der Waals surface area contributed by atoms with Crippen LogP contribution in [0.25, 0.3) is 0 Å². The summed E-state index contributed by atoms with van der Waals surface area (Å²) in [6.45, 7) is 9.24. The third-order valence-corrected chi connectivity index (χ3v) is 3.80. The van der Waals surface area contributed by atoms with Gasteiger partial charge in [-0.1, -0.05) is 33.1 Å². The summed E-state index contributed by atoms with van der Waals surface area (Å²) in [6, 6.07) is 0. The fourth-order valence-corrected chi connectivity index (χ4v) is 2.75. The molecule has 0 aromatic rings. The van der Waals surface area contributed by atoms with Gasteiger partial charge in [-0.25, -0.2) is 0 Å². The lowest BCUT2D eigenvalue weighted by atomic mass is 9.75. The van der Waals surface area contributed by atoms with Crippen molar-refractivity contribution in [3.63, 3.8) is 0 Å². The summed E-state index contributed by atoms with van der Waals surface area (Å²) in [7, 11) is 0. The van der Waals surface area contributed by atoms with Gasteiger partial charge in [0.05, 0.1) is 19.3 Å². The molecule has 0 amide bonds. The van der Waals surface area contributed by atoms with E-state index in [4.69, 9.17) is 11.2 Å². The van der Waals surface area contributed by atoms with Gasteiger partial charge in [0.1, 0.15) is 0 Å². The standard InChI is InChI=1S/C15H27NO/c1-5-8-16-9-10-17-15-11-13(4)6-7-14(15)12(2)3/h1,12-16H,6-11H2,2-4H3. The normalized spacial score (nSPS) is 29.2. The molecule has 1 N–H and O–H groups in total. The van der Waals surface area contributed by atoms with E-state index < -0.39 is 0 Å². The molecule has 3 atom stereocenters. The van der Waals surface area contributed by atoms with Crippen LogP contribution in [0.15, 0.2) is 0 Å². The van der Waals surface area contributed by atoms with E-state index in [0.717, 1.165) is 30.9 Å². The number of rotatable bonds is 6. The zero-order chi connectivity index (χ0) is 12.7. The van der Waals surface area contributed by atoms with Crippen molar-refractivity contribution in [3.05, 3.63) is 0 Å². The third kappa shape index (κ3) is 5.10. The fourth-order valence-electron chi connectivity index (χ4n) is 2.75. The van der Waals surface area contributed by atoms with Gasteiger partial charge in [-0.2, -0.15) is 0 Å². The van der Waals surface area contributed by atoms with E-state index in [1.54, 1.807) is 0 Å². The van der Waals surface area contributed by atoms with Crippen molar-refractivity contribution in [2.45, 2.75) is 46.1 Å². The first-order chi connectivity index (χ1) is 8.15. The van der Waals surface area contributed by atoms with Gasteiger partial charge in [0.15, 0.2) is 0 Å². The lowest BCUT2D eigenvalue weighted by molar-refractivity contribution is -0.0365. The Morgan fingerprint density at radius 2 is 2.18 bits per heavy atom. The Hall–Kier alpha value is -0.520. The number of ether oxygens (including phenoxy) is 1. The lowest BCUT2D eigenvalue weighted by Crippen LogP contribution is -2.36.